The molecule has 0 atom stereocenters. The van der Waals surface area contributed by atoms with Crippen LogP contribution in [0.25, 0.3) is 0 Å². The van der Waals surface area contributed by atoms with E-state index < -0.39 is 5.97 Å². The number of carbonyl (C=O) groups excluding carboxylic acids is 1. The van der Waals surface area contributed by atoms with Gasteiger partial charge in [0.05, 0.1) is 25.9 Å². The van der Waals surface area contributed by atoms with Gasteiger partial charge in [0.25, 0.3) is 0 Å². The van der Waals surface area contributed by atoms with E-state index in [0.29, 0.717) is 30.2 Å². The molecular formula is C9H11BrN2O3. The first-order chi connectivity index (χ1) is 7.22. The zero-order valence-corrected chi connectivity index (χ0v) is 9.86. The second-order valence-electron chi connectivity index (χ2n) is 3.21. The maximum Gasteiger partial charge on any atom is 0.358 e. The minimum absolute atomic E-state index is 0.273. The molecule has 1 aromatic rings. The number of aromatic nitrogens is 2. The summed E-state index contributed by atoms with van der Waals surface area (Å²) in [6, 6.07) is 0.273. The zero-order valence-electron chi connectivity index (χ0n) is 8.27. The lowest BCUT2D eigenvalue weighted by molar-refractivity contribution is -0.0243. The lowest BCUT2D eigenvalue weighted by atomic mass is 10.2. The highest BCUT2D eigenvalue weighted by atomic mass is 79.9. The smallest absolute Gasteiger partial charge is 0.358 e. The van der Waals surface area contributed by atoms with Gasteiger partial charge in [-0.2, -0.15) is 0 Å². The minimum Gasteiger partial charge on any atom is -0.461 e. The van der Waals surface area contributed by atoms with Crippen LogP contribution in [-0.4, -0.2) is 35.3 Å². The van der Waals surface area contributed by atoms with E-state index in [9.17, 15) is 4.79 Å². The van der Waals surface area contributed by atoms with Crippen LogP contribution in [0.2, 0.25) is 0 Å². The summed E-state index contributed by atoms with van der Waals surface area (Å²) in [6.07, 6.45) is 1.69. The Morgan fingerprint density at radius 3 is 3.07 bits per heavy atom. The zero-order chi connectivity index (χ0) is 10.8. The summed E-state index contributed by atoms with van der Waals surface area (Å²) in [5.41, 5.74) is 0.329. The molecule has 0 radical (unpaired) electrons. The Balaban J connectivity index is 2.16. The van der Waals surface area contributed by atoms with Crippen molar-refractivity contribution in [3.63, 3.8) is 0 Å². The number of halogens is 1. The van der Waals surface area contributed by atoms with Crippen LogP contribution < -0.4 is 0 Å². The molecule has 82 valence electrons. The van der Waals surface area contributed by atoms with Crippen LogP contribution in [0, 0.1) is 0 Å². The van der Waals surface area contributed by atoms with Crippen molar-refractivity contribution in [3.05, 3.63) is 16.6 Å². The topological polar surface area (TPSA) is 53.4 Å². The lowest BCUT2D eigenvalue weighted by Crippen LogP contribution is -2.30. The molecular weight excluding hydrogens is 264 g/mol. The van der Waals surface area contributed by atoms with Crippen LogP contribution in [-0.2, 0) is 9.47 Å². The third kappa shape index (κ3) is 2.05. The lowest BCUT2D eigenvalue weighted by Gasteiger charge is -2.27. The third-order valence-corrected chi connectivity index (χ3v) is 2.77. The first kappa shape index (κ1) is 10.6. The molecule has 2 rings (SSSR count). The van der Waals surface area contributed by atoms with Crippen LogP contribution in [0.3, 0.4) is 0 Å². The quantitative estimate of drug-likeness (QED) is 0.782. The van der Waals surface area contributed by atoms with Crippen molar-refractivity contribution in [1.82, 2.24) is 9.55 Å². The van der Waals surface area contributed by atoms with E-state index in [1.807, 2.05) is 4.57 Å². The summed E-state index contributed by atoms with van der Waals surface area (Å²) < 4.78 is 12.5. The first-order valence-electron chi connectivity index (χ1n) is 4.71. The van der Waals surface area contributed by atoms with Gasteiger partial charge < -0.3 is 14.0 Å². The van der Waals surface area contributed by atoms with Crippen LogP contribution in [0.4, 0.5) is 0 Å². The molecule has 0 amide bonds. The summed E-state index contributed by atoms with van der Waals surface area (Å²) in [5.74, 6) is -0.391. The second-order valence-corrected chi connectivity index (χ2v) is 3.92. The Kier molecular flexibility index (Phi) is 3.06. The summed E-state index contributed by atoms with van der Waals surface area (Å²) in [5, 5.41) is 0. The Hall–Kier alpha value is -0.880. The fourth-order valence-corrected chi connectivity index (χ4v) is 1.90. The maximum atomic E-state index is 11.4. The number of imidazole rings is 1. The van der Waals surface area contributed by atoms with Crippen LogP contribution >= 0.6 is 15.9 Å². The molecule has 0 saturated carbocycles. The fraction of sp³-hybridized carbons (Fsp3) is 0.556. The molecule has 6 heteroatoms. The molecule has 1 aliphatic heterocycles. The van der Waals surface area contributed by atoms with E-state index in [2.05, 4.69) is 20.9 Å². The predicted octanol–water partition coefficient (Wildman–Crippen LogP) is 1.39. The molecule has 0 unspecified atom stereocenters. The van der Waals surface area contributed by atoms with Gasteiger partial charge in [-0.25, -0.2) is 9.78 Å². The van der Waals surface area contributed by atoms with Gasteiger partial charge in [0, 0.05) is 6.20 Å². The average Bonchev–Trinajstić information content (AvgIpc) is 2.46. The molecule has 0 N–H and O–H groups in total. The first-order valence-corrected chi connectivity index (χ1v) is 5.51. The van der Waals surface area contributed by atoms with Crippen molar-refractivity contribution in [2.45, 2.75) is 13.0 Å². The van der Waals surface area contributed by atoms with Gasteiger partial charge in [-0.05, 0) is 22.9 Å². The van der Waals surface area contributed by atoms with E-state index in [0.717, 1.165) is 0 Å². The van der Waals surface area contributed by atoms with Crippen molar-refractivity contribution in [3.8, 4) is 0 Å². The monoisotopic (exact) mass is 274 g/mol. The van der Waals surface area contributed by atoms with E-state index in [1.54, 1.807) is 13.1 Å². The Labute approximate surface area is 95.5 Å². The summed E-state index contributed by atoms with van der Waals surface area (Å²) in [7, 11) is 0. The van der Waals surface area contributed by atoms with E-state index >= 15 is 0 Å². The molecule has 0 bridgehead atoms. The highest BCUT2D eigenvalue weighted by Gasteiger charge is 2.24. The van der Waals surface area contributed by atoms with Gasteiger partial charge in [0.15, 0.2) is 10.4 Å². The van der Waals surface area contributed by atoms with E-state index in [1.165, 1.54) is 0 Å². The summed E-state index contributed by atoms with van der Waals surface area (Å²) in [4.78, 5) is 15.5. The molecule has 1 aliphatic rings. The predicted molar refractivity (Wildman–Crippen MR) is 55.7 cm³/mol. The van der Waals surface area contributed by atoms with Gasteiger partial charge >= 0.3 is 5.97 Å². The number of esters is 1. The Bertz CT molecular complexity index is 373. The van der Waals surface area contributed by atoms with Crippen molar-refractivity contribution >= 4 is 21.9 Å². The normalized spacial score (nSPS) is 16.1. The number of ether oxygens (including phenoxy) is 2. The SMILES string of the molecule is CCOC(=O)c1cn(C2COC2)c(Br)n1. The molecule has 0 aromatic carbocycles. The summed E-state index contributed by atoms with van der Waals surface area (Å²) in [6.45, 7) is 3.45. The van der Waals surface area contributed by atoms with Gasteiger partial charge in [0.1, 0.15) is 0 Å². The van der Waals surface area contributed by atoms with Crippen molar-refractivity contribution in [1.29, 1.82) is 0 Å². The Morgan fingerprint density at radius 1 is 1.80 bits per heavy atom. The van der Waals surface area contributed by atoms with Gasteiger partial charge in [-0.1, -0.05) is 0 Å². The number of hydrogen-bond donors (Lipinski definition) is 0. The molecule has 2 heterocycles. The number of hydrogen-bond acceptors (Lipinski definition) is 4. The standard InChI is InChI=1S/C9H11BrN2O3/c1-2-15-8(13)7-3-12(9(10)11-7)6-4-14-5-6/h3,6H,2,4-5H2,1H3. The maximum absolute atomic E-state index is 11.4. The highest BCUT2D eigenvalue weighted by molar-refractivity contribution is 9.10. The molecule has 0 spiro atoms. The van der Waals surface area contributed by atoms with E-state index in [-0.39, 0.29) is 6.04 Å². The second kappa shape index (κ2) is 4.32. The summed E-state index contributed by atoms with van der Waals surface area (Å²) >= 11 is 3.30. The third-order valence-electron chi connectivity index (χ3n) is 2.19. The number of carbonyl (C=O) groups is 1. The number of nitrogens with zero attached hydrogens (tertiary/aromatic N) is 2. The van der Waals surface area contributed by atoms with Gasteiger partial charge in [-0.15, -0.1) is 0 Å². The van der Waals surface area contributed by atoms with Crippen LogP contribution in [0.5, 0.6) is 0 Å². The highest BCUT2D eigenvalue weighted by Crippen LogP contribution is 2.23. The van der Waals surface area contributed by atoms with Crippen LogP contribution in [0.15, 0.2) is 10.9 Å². The largest absolute Gasteiger partial charge is 0.461 e. The molecule has 15 heavy (non-hydrogen) atoms. The van der Waals surface area contributed by atoms with Gasteiger partial charge in [0.2, 0.25) is 0 Å². The molecule has 1 aromatic heterocycles. The molecule has 0 aliphatic carbocycles. The van der Waals surface area contributed by atoms with Crippen molar-refractivity contribution < 1.29 is 14.3 Å². The van der Waals surface area contributed by atoms with E-state index in [4.69, 9.17) is 9.47 Å². The molecule has 1 fully saturated rings. The average molecular weight is 275 g/mol. The van der Waals surface area contributed by atoms with Gasteiger partial charge in [-0.3, -0.25) is 0 Å². The Morgan fingerprint density at radius 2 is 2.53 bits per heavy atom. The minimum atomic E-state index is -0.391. The van der Waals surface area contributed by atoms with Crippen LogP contribution in [0.1, 0.15) is 23.5 Å². The van der Waals surface area contributed by atoms with Crippen molar-refractivity contribution in [2.75, 3.05) is 19.8 Å². The number of rotatable bonds is 3. The molecule has 1 saturated heterocycles. The molecule has 5 nitrogen and oxygen atoms in total. The fourth-order valence-electron chi connectivity index (χ4n) is 1.31. The van der Waals surface area contributed by atoms with Crippen molar-refractivity contribution in [2.24, 2.45) is 0 Å².